The van der Waals surface area contributed by atoms with Gasteiger partial charge in [0.05, 0.1) is 0 Å². The number of nitrogens with zero attached hydrogens (tertiary/aromatic N) is 1. The molecule has 0 aromatic heterocycles. The zero-order valence-electron chi connectivity index (χ0n) is 11.8. The van der Waals surface area contributed by atoms with Crippen LogP contribution in [0.5, 0.6) is 0 Å². The van der Waals surface area contributed by atoms with Gasteiger partial charge in [-0.05, 0) is 32.9 Å². The molecule has 3 rings (SSSR count). The first-order valence-electron chi connectivity index (χ1n) is 6.70. The van der Waals surface area contributed by atoms with Crippen LogP contribution < -0.4 is 4.90 Å². The first-order chi connectivity index (χ1) is 9.33. The van der Waals surface area contributed by atoms with Crippen molar-refractivity contribution in [1.82, 2.24) is 0 Å². The van der Waals surface area contributed by atoms with E-state index < -0.39 is 0 Å². The lowest BCUT2D eigenvalue weighted by atomic mass is 9.91. The van der Waals surface area contributed by atoms with Crippen LogP contribution in [0.25, 0.3) is 0 Å². The fourth-order valence-electron chi connectivity index (χ4n) is 2.87. The van der Waals surface area contributed by atoms with E-state index in [-0.39, 0.29) is 6.97 Å². The van der Waals surface area contributed by atoms with Gasteiger partial charge in [-0.3, -0.25) is 0 Å². The Morgan fingerprint density at radius 2 is 1.20 bits per heavy atom. The minimum absolute atomic E-state index is 0.00947. The lowest BCUT2D eigenvalue weighted by Gasteiger charge is -2.46. The number of halogens is 2. The molecule has 1 heterocycles. The predicted molar refractivity (Wildman–Crippen MR) is 104 cm³/mol. The van der Waals surface area contributed by atoms with E-state index in [0.29, 0.717) is 0 Å². The van der Waals surface area contributed by atoms with Crippen molar-refractivity contribution >= 4 is 56.6 Å². The summed E-state index contributed by atoms with van der Waals surface area (Å²) in [7, 11) is 0. The van der Waals surface area contributed by atoms with Gasteiger partial charge in [-0.25, -0.2) is 0 Å². The lowest BCUT2D eigenvalue weighted by molar-refractivity contribution is 0.554. The molecule has 1 aliphatic heterocycles. The molecule has 0 saturated carbocycles. The summed E-state index contributed by atoms with van der Waals surface area (Å²) >= 11 is 5.14. The third-order valence-electron chi connectivity index (χ3n) is 3.64. The summed E-state index contributed by atoms with van der Waals surface area (Å²) in [5, 5.41) is 0. The summed E-state index contributed by atoms with van der Waals surface area (Å²) in [6.45, 7) is 6.82. The molecule has 104 valence electrons. The number of fused-ring (bicyclic) bond motifs is 2. The first-order valence-corrected chi connectivity index (χ1v) is 8.86. The second-order valence-electron chi connectivity index (χ2n) is 6.11. The quantitative estimate of drug-likeness (QED) is 0.324. The van der Waals surface area contributed by atoms with Crippen molar-refractivity contribution in [3.05, 3.63) is 59.7 Å². The van der Waals surface area contributed by atoms with Crippen LogP contribution in [0.3, 0.4) is 0 Å². The maximum atomic E-state index is 2.57. The van der Waals surface area contributed by atoms with E-state index in [2.05, 4.69) is 119 Å². The van der Waals surface area contributed by atoms with Gasteiger partial charge in [0.1, 0.15) is 1.43 Å². The molecule has 0 spiro atoms. The van der Waals surface area contributed by atoms with Crippen LogP contribution in [-0.4, -0.2) is 5.54 Å². The monoisotopic (exact) mass is 489 g/mol. The number of anilines is 2. The molecule has 1 nitrogen and oxygen atoms in total. The molecule has 20 heavy (non-hydrogen) atoms. The Kier molecular flexibility index (Phi) is 3.56. The van der Waals surface area contributed by atoms with E-state index in [4.69, 9.17) is 0 Å². The highest BCUT2D eigenvalue weighted by Gasteiger charge is 2.41. The van der Waals surface area contributed by atoms with Gasteiger partial charge in [0.2, 0.25) is 0 Å². The number of hydrogen-bond donors (Lipinski definition) is 0. The first kappa shape index (κ1) is 14.6. The number of hydrogen-bond acceptors (Lipinski definition) is 1. The molecule has 2 aromatic carbocycles. The second-order valence-corrected chi connectivity index (χ2v) is 11.4. The van der Waals surface area contributed by atoms with Crippen LogP contribution in [0, 0.1) is 0 Å². The van der Waals surface area contributed by atoms with Crippen LogP contribution in [-0.2, 0) is 1.43 Å². The van der Waals surface area contributed by atoms with Gasteiger partial charge in [0.25, 0.3) is 0 Å². The Hall–Kier alpha value is -0.300. The summed E-state index contributed by atoms with van der Waals surface area (Å²) in [6.07, 6.45) is 0. The molecule has 0 bridgehead atoms. The van der Waals surface area contributed by atoms with Crippen molar-refractivity contribution in [2.24, 2.45) is 0 Å². The van der Waals surface area contributed by atoms with Gasteiger partial charge in [-0.2, -0.15) is 0 Å². The molecular formula is C17H17I2N. The fraction of sp³-hybridized carbons (Fsp3) is 0.294. The zero-order chi connectivity index (χ0) is 14.5. The topological polar surface area (TPSA) is 3.24 Å². The van der Waals surface area contributed by atoms with E-state index in [1.807, 2.05) is 0 Å². The maximum Gasteiger partial charge on any atom is 0.127 e. The second kappa shape index (κ2) is 4.87. The number of para-hydroxylation sites is 2. The molecule has 0 radical (unpaired) electrons. The van der Waals surface area contributed by atoms with Crippen molar-refractivity contribution in [2.45, 2.75) is 27.7 Å². The standard InChI is InChI=1S/C17H17I2N/c1-16(2,3)20-14-10-6-4-8-12(14)17(18,19)13-9-5-7-11-15(13)20/h4-11H,1-3H3. The number of rotatable bonds is 0. The summed E-state index contributed by atoms with van der Waals surface area (Å²) in [4.78, 5) is 2.47. The van der Waals surface area contributed by atoms with E-state index in [9.17, 15) is 0 Å². The average Bonchev–Trinajstić information content (AvgIpc) is 2.38. The van der Waals surface area contributed by atoms with Crippen molar-refractivity contribution in [3.63, 3.8) is 0 Å². The highest BCUT2D eigenvalue weighted by Crippen LogP contribution is 2.57. The van der Waals surface area contributed by atoms with E-state index in [0.717, 1.165) is 0 Å². The smallest absolute Gasteiger partial charge is 0.127 e. The molecule has 0 saturated heterocycles. The molecule has 0 atom stereocenters. The molecule has 2 aromatic rings. The largest absolute Gasteiger partial charge is 0.335 e. The molecule has 3 heteroatoms. The zero-order valence-corrected chi connectivity index (χ0v) is 16.1. The van der Waals surface area contributed by atoms with Gasteiger partial charge in [0, 0.05) is 28.0 Å². The van der Waals surface area contributed by atoms with Gasteiger partial charge < -0.3 is 4.90 Å². The number of alkyl halides is 2. The van der Waals surface area contributed by atoms with E-state index >= 15 is 0 Å². The summed E-state index contributed by atoms with van der Waals surface area (Å²) in [5.74, 6) is 0. The molecule has 0 amide bonds. The molecule has 1 aliphatic rings. The highest BCUT2D eigenvalue weighted by atomic mass is 127. The summed E-state index contributed by atoms with van der Waals surface area (Å²) < 4.78 is -0.00947. The summed E-state index contributed by atoms with van der Waals surface area (Å²) in [5.41, 5.74) is 5.46. The Morgan fingerprint density at radius 1 is 0.800 bits per heavy atom. The Balaban J connectivity index is 2.36. The Labute approximate surface area is 148 Å². The Bertz CT molecular complexity index is 607. The lowest BCUT2D eigenvalue weighted by Crippen LogP contribution is -2.42. The molecule has 0 aliphatic carbocycles. The SMILES string of the molecule is CC(C)(C)N1c2ccccc2C(I)(I)c2ccccc21. The maximum absolute atomic E-state index is 2.57. The van der Waals surface area contributed by atoms with Crippen LogP contribution >= 0.6 is 45.2 Å². The van der Waals surface area contributed by atoms with Crippen LogP contribution in [0.4, 0.5) is 11.4 Å². The Morgan fingerprint density at radius 3 is 1.60 bits per heavy atom. The van der Waals surface area contributed by atoms with Gasteiger partial charge >= 0.3 is 0 Å². The van der Waals surface area contributed by atoms with Crippen molar-refractivity contribution < 1.29 is 0 Å². The van der Waals surface area contributed by atoms with E-state index in [1.165, 1.54) is 22.5 Å². The summed E-state index contributed by atoms with van der Waals surface area (Å²) in [6, 6.07) is 17.5. The van der Waals surface area contributed by atoms with Crippen molar-refractivity contribution in [3.8, 4) is 0 Å². The van der Waals surface area contributed by atoms with Gasteiger partial charge in [0.15, 0.2) is 0 Å². The van der Waals surface area contributed by atoms with Gasteiger partial charge in [-0.1, -0.05) is 81.6 Å². The third-order valence-corrected chi connectivity index (χ3v) is 5.96. The van der Waals surface area contributed by atoms with Crippen molar-refractivity contribution in [1.29, 1.82) is 0 Å². The minimum Gasteiger partial charge on any atom is -0.335 e. The average molecular weight is 489 g/mol. The normalized spacial score (nSPS) is 16.6. The minimum atomic E-state index is -0.00947. The van der Waals surface area contributed by atoms with Crippen molar-refractivity contribution in [2.75, 3.05) is 4.90 Å². The molecule has 0 unspecified atom stereocenters. The molecular weight excluding hydrogens is 472 g/mol. The van der Waals surface area contributed by atoms with Crippen LogP contribution in [0.2, 0.25) is 0 Å². The fourth-order valence-corrected chi connectivity index (χ4v) is 4.69. The van der Waals surface area contributed by atoms with E-state index in [1.54, 1.807) is 0 Å². The molecule has 0 fully saturated rings. The third kappa shape index (κ3) is 2.17. The van der Waals surface area contributed by atoms with Crippen LogP contribution in [0.15, 0.2) is 48.5 Å². The van der Waals surface area contributed by atoms with Crippen LogP contribution in [0.1, 0.15) is 31.9 Å². The van der Waals surface area contributed by atoms with Gasteiger partial charge in [-0.15, -0.1) is 0 Å². The highest BCUT2D eigenvalue weighted by molar-refractivity contribution is 14.2. The number of benzene rings is 2. The predicted octanol–water partition coefficient (Wildman–Crippen LogP) is 6.01. The molecule has 0 N–H and O–H groups in total.